The molecule has 1 aromatic heterocycles. The lowest BCUT2D eigenvalue weighted by Crippen LogP contribution is -2.44. The number of para-hydroxylation sites is 1. The molecule has 0 fully saturated rings. The van der Waals surface area contributed by atoms with E-state index in [9.17, 15) is 19.5 Å². The highest BCUT2D eigenvalue weighted by Crippen LogP contribution is 2.31. The van der Waals surface area contributed by atoms with Crippen molar-refractivity contribution in [1.29, 1.82) is 0 Å². The number of aromatic nitrogens is 1. The van der Waals surface area contributed by atoms with Crippen molar-refractivity contribution in [3.63, 3.8) is 0 Å². The second-order valence-corrected chi connectivity index (χ2v) is 9.28. The maximum absolute atomic E-state index is 13.0. The van der Waals surface area contributed by atoms with Crippen molar-refractivity contribution in [2.45, 2.75) is 26.4 Å². The quantitative estimate of drug-likeness (QED) is 0.395. The number of nitrogens with one attached hydrogen (secondary N) is 1. The Bertz CT molecular complexity index is 1490. The third-order valence-corrected chi connectivity index (χ3v) is 6.49. The lowest BCUT2D eigenvalue weighted by molar-refractivity contribution is -0.144. The number of rotatable bonds is 6. The summed E-state index contributed by atoms with van der Waals surface area (Å²) in [6.07, 6.45) is 1.56. The molecule has 0 bridgehead atoms. The van der Waals surface area contributed by atoms with Crippen LogP contribution in [0.4, 0.5) is 5.69 Å². The molecule has 0 saturated carbocycles. The van der Waals surface area contributed by atoms with Crippen molar-refractivity contribution >= 4 is 34.4 Å². The molecule has 0 unspecified atom stereocenters. The van der Waals surface area contributed by atoms with Crippen LogP contribution in [0.25, 0.3) is 22.0 Å². The van der Waals surface area contributed by atoms with Gasteiger partial charge in [-0.05, 0) is 52.9 Å². The van der Waals surface area contributed by atoms with Gasteiger partial charge in [0.1, 0.15) is 6.04 Å². The Kier molecular flexibility index (Phi) is 5.98. The van der Waals surface area contributed by atoms with Gasteiger partial charge >= 0.3 is 5.97 Å². The van der Waals surface area contributed by atoms with E-state index in [0.717, 1.165) is 27.6 Å². The normalized spacial score (nSPS) is 13.6. The molecule has 3 aromatic carbocycles. The first-order valence-corrected chi connectivity index (χ1v) is 11.7. The van der Waals surface area contributed by atoms with Crippen LogP contribution >= 0.6 is 0 Å². The summed E-state index contributed by atoms with van der Waals surface area (Å²) >= 11 is 0. The monoisotopic (exact) mass is 479 g/mol. The summed E-state index contributed by atoms with van der Waals surface area (Å²) < 4.78 is 0. The average Bonchev–Trinajstić information content (AvgIpc) is 3.19. The summed E-state index contributed by atoms with van der Waals surface area (Å²) in [4.78, 5) is 43.3. The molecule has 2 N–H and O–H groups in total. The first-order chi connectivity index (χ1) is 17.3. The number of carbonyl (C=O) groups is 3. The molecule has 5 rings (SSSR count). The highest BCUT2D eigenvalue weighted by molar-refractivity contribution is 6.06. The van der Waals surface area contributed by atoms with Gasteiger partial charge in [-0.15, -0.1) is 0 Å². The van der Waals surface area contributed by atoms with Gasteiger partial charge in [0.2, 0.25) is 0 Å². The number of benzene rings is 3. The van der Waals surface area contributed by atoms with E-state index in [1.807, 2.05) is 72.8 Å². The zero-order valence-electron chi connectivity index (χ0n) is 19.9. The van der Waals surface area contributed by atoms with Crippen molar-refractivity contribution in [3.8, 4) is 11.1 Å². The number of carboxylic acid groups (broad SMARTS) is 1. The summed E-state index contributed by atoms with van der Waals surface area (Å²) in [5.74, 6) is -1.71. The number of fused-ring (bicyclic) bond motifs is 2. The van der Waals surface area contributed by atoms with Crippen LogP contribution in [0.2, 0.25) is 0 Å². The second kappa shape index (κ2) is 9.26. The number of hydrogen-bond donors (Lipinski definition) is 2. The van der Waals surface area contributed by atoms with Crippen LogP contribution in [0.1, 0.15) is 40.1 Å². The number of amides is 2. The van der Waals surface area contributed by atoms with Gasteiger partial charge in [-0.3, -0.25) is 14.6 Å². The first kappa shape index (κ1) is 23.2. The highest BCUT2D eigenvalue weighted by atomic mass is 16.4. The Balaban J connectivity index is 1.33. The van der Waals surface area contributed by atoms with E-state index in [4.69, 9.17) is 0 Å². The van der Waals surface area contributed by atoms with Gasteiger partial charge in [-0.2, -0.15) is 0 Å². The van der Waals surface area contributed by atoms with Crippen LogP contribution in [0.3, 0.4) is 0 Å². The van der Waals surface area contributed by atoms with E-state index >= 15 is 0 Å². The molecular formula is C29H25N3O4. The first-order valence-electron chi connectivity index (χ1n) is 11.7. The minimum atomic E-state index is -0.997. The Morgan fingerprint density at radius 1 is 0.972 bits per heavy atom. The molecule has 2 heterocycles. The molecule has 0 aliphatic carbocycles. The molecule has 2 amide bonds. The van der Waals surface area contributed by atoms with E-state index in [1.54, 1.807) is 20.0 Å². The number of carboxylic acids is 1. The Morgan fingerprint density at radius 2 is 1.69 bits per heavy atom. The third kappa shape index (κ3) is 4.31. The molecule has 4 aromatic rings. The second-order valence-electron chi connectivity index (χ2n) is 9.28. The number of anilines is 1. The van der Waals surface area contributed by atoms with Gasteiger partial charge in [0.05, 0.1) is 11.1 Å². The van der Waals surface area contributed by atoms with Crippen molar-refractivity contribution in [2.24, 2.45) is 5.92 Å². The molecule has 7 heteroatoms. The summed E-state index contributed by atoms with van der Waals surface area (Å²) in [6, 6.07) is 21.6. The van der Waals surface area contributed by atoms with Gasteiger partial charge in [0, 0.05) is 29.4 Å². The van der Waals surface area contributed by atoms with Crippen LogP contribution in [-0.2, 0) is 11.3 Å². The Hall–Kier alpha value is -4.52. The molecule has 36 heavy (non-hydrogen) atoms. The van der Waals surface area contributed by atoms with E-state index in [1.165, 1.54) is 4.90 Å². The molecule has 1 aliphatic rings. The number of hydrogen-bond acceptors (Lipinski definition) is 4. The zero-order valence-corrected chi connectivity index (χ0v) is 19.9. The summed E-state index contributed by atoms with van der Waals surface area (Å²) in [6.45, 7) is 3.90. The average molecular weight is 480 g/mol. The van der Waals surface area contributed by atoms with Crippen LogP contribution in [0.15, 0.2) is 79.0 Å². The van der Waals surface area contributed by atoms with Crippen LogP contribution in [0, 0.1) is 5.92 Å². The standard InChI is InChI=1S/C29H25N3O4/c1-17(2)26(29(35)36)32-16-21-8-7-19(14-24(21)28(32)34)18-9-11-23(12-10-18)31-27(33)22-13-20-5-3-4-6-25(20)30-15-22/h3-15,17,26H,16H2,1-2H3,(H,31,33)(H,35,36)/t26-/m0/s1. The predicted molar refractivity (Wildman–Crippen MR) is 138 cm³/mol. The maximum atomic E-state index is 13.0. The zero-order chi connectivity index (χ0) is 25.4. The molecule has 0 spiro atoms. The maximum Gasteiger partial charge on any atom is 0.326 e. The fourth-order valence-electron chi connectivity index (χ4n) is 4.65. The molecular weight excluding hydrogens is 454 g/mol. The smallest absolute Gasteiger partial charge is 0.326 e. The molecule has 7 nitrogen and oxygen atoms in total. The fraction of sp³-hybridized carbons (Fsp3) is 0.172. The minimum absolute atomic E-state index is 0.201. The van der Waals surface area contributed by atoms with Gasteiger partial charge < -0.3 is 15.3 Å². The van der Waals surface area contributed by atoms with Crippen LogP contribution in [0.5, 0.6) is 0 Å². The Morgan fingerprint density at radius 3 is 2.42 bits per heavy atom. The van der Waals surface area contributed by atoms with Crippen molar-refractivity contribution in [1.82, 2.24) is 9.88 Å². The number of pyridine rings is 1. The minimum Gasteiger partial charge on any atom is -0.480 e. The molecule has 1 atom stereocenters. The largest absolute Gasteiger partial charge is 0.480 e. The fourth-order valence-corrected chi connectivity index (χ4v) is 4.65. The van der Waals surface area contributed by atoms with E-state index in [2.05, 4.69) is 10.3 Å². The van der Waals surface area contributed by atoms with Crippen molar-refractivity contribution in [2.75, 3.05) is 5.32 Å². The van der Waals surface area contributed by atoms with Gasteiger partial charge in [0.25, 0.3) is 11.8 Å². The SMILES string of the molecule is CC(C)[C@@H](C(=O)O)N1Cc2ccc(-c3ccc(NC(=O)c4cnc5ccccc5c4)cc3)cc2C1=O. The Labute approximate surface area is 208 Å². The number of carbonyl (C=O) groups excluding carboxylic acids is 2. The number of nitrogens with zero attached hydrogens (tertiary/aromatic N) is 2. The summed E-state index contributed by atoms with van der Waals surface area (Å²) in [5.41, 5.74) is 5.02. The lowest BCUT2D eigenvalue weighted by Gasteiger charge is -2.27. The van der Waals surface area contributed by atoms with Crippen molar-refractivity contribution < 1.29 is 19.5 Å². The summed E-state index contributed by atoms with van der Waals surface area (Å²) in [7, 11) is 0. The number of aliphatic carboxylic acids is 1. The van der Waals surface area contributed by atoms with Gasteiger partial charge in [0.15, 0.2) is 0 Å². The van der Waals surface area contributed by atoms with E-state index < -0.39 is 12.0 Å². The molecule has 180 valence electrons. The molecule has 0 radical (unpaired) electrons. The van der Waals surface area contributed by atoms with E-state index in [-0.39, 0.29) is 24.3 Å². The molecule has 0 saturated heterocycles. The van der Waals surface area contributed by atoms with Crippen LogP contribution < -0.4 is 5.32 Å². The third-order valence-electron chi connectivity index (χ3n) is 6.49. The van der Waals surface area contributed by atoms with E-state index in [0.29, 0.717) is 16.8 Å². The predicted octanol–water partition coefficient (Wildman–Crippen LogP) is 5.22. The van der Waals surface area contributed by atoms with Gasteiger partial charge in [-0.25, -0.2) is 4.79 Å². The molecule has 1 aliphatic heterocycles. The highest BCUT2D eigenvalue weighted by Gasteiger charge is 2.38. The topological polar surface area (TPSA) is 99.6 Å². The van der Waals surface area contributed by atoms with Crippen LogP contribution in [-0.4, -0.2) is 38.8 Å². The van der Waals surface area contributed by atoms with Gasteiger partial charge in [-0.1, -0.05) is 56.3 Å². The lowest BCUT2D eigenvalue weighted by atomic mass is 10.00. The summed E-state index contributed by atoms with van der Waals surface area (Å²) in [5, 5.41) is 13.4. The van der Waals surface area contributed by atoms with Crippen molar-refractivity contribution in [3.05, 3.63) is 95.7 Å².